The third kappa shape index (κ3) is 4.63. The summed E-state index contributed by atoms with van der Waals surface area (Å²) in [5.41, 5.74) is 0.652. The fourth-order valence-electron chi connectivity index (χ4n) is 1.31. The van der Waals surface area contributed by atoms with Gasteiger partial charge in [-0.15, -0.1) is 0 Å². The Hall–Kier alpha value is -0.630. The van der Waals surface area contributed by atoms with E-state index in [0.717, 1.165) is 6.26 Å². The molecule has 0 aromatic heterocycles. The van der Waals surface area contributed by atoms with Crippen LogP contribution in [0.4, 0.5) is 0 Å². The first-order valence-corrected chi connectivity index (χ1v) is 8.81. The fraction of sp³-hybridized carbons (Fsp3) is 0.333. The Kier molecular flexibility index (Phi) is 4.19. The summed E-state index contributed by atoms with van der Waals surface area (Å²) in [6.45, 7) is 1.66. The summed E-state index contributed by atoms with van der Waals surface area (Å²) in [5.74, 6) is 0. The molecular formula is C9H12ClNO4S2. The number of nitrogens with one attached hydrogen (secondary N) is 1. The van der Waals surface area contributed by atoms with E-state index in [4.69, 9.17) is 10.7 Å². The van der Waals surface area contributed by atoms with Gasteiger partial charge in [0.2, 0.25) is 10.0 Å². The highest BCUT2D eigenvalue weighted by atomic mass is 35.7. The minimum atomic E-state index is -3.75. The topological polar surface area (TPSA) is 80.3 Å². The van der Waals surface area contributed by atoms with Crippen LogP contribution in [0.25, 0.3) is 0 Å². The summed E-state index contributed by atoms with van der Waals surface area (Å²) in [5, 5.41) is 0. The molecule has 8 heteroatoms. The second-order valence-electron chi connectivity index (χ2n) is 3.62. The molecule has 0 saturated carbocycles. The third-order valence-electron chi connectivity index (χ3n) is 2.05. The second-order valence-corrected chi connectivity index (χ2v) is 7.96. The molecule has 0 spiro atoms. The zero-order valence-corrected chi connectivity index (χ0v) is 11.6. The molecule has 1 atom stereocenters. The SMILES string of the molecule is CC(NS(C)(=O)=O)c1ccc(S(=O)(=O)Cl)cc1. The van der Waals surface area contributed by atoms with Gasteiger partial charge in [0.15, 0.2) is 0 Å². The summed E-state index contributed by atoms with van der Waals surface area (Å²) in [6.07, 6.45) is 1.06. The molecule has 0 aliphatic rings. The van der Waals surface area contributed by atoms with Gasteiger partial charge in [-0.05, 0) is 24.6 Å². The van der Waals surface area contributed by atoms with E-state index in [2.05, 4.69) is 4.72 Å². The van der Waals surface area contributed by atoms with Crippen LogP contribution in [0.15, 0.2) is 29.2 Å². The molecule has 0 amide bonds. The van der Waals surface area contributed by atoms with Crippen molar-refractivity contribution in [1.29, 1.82) is 0 Å². The molecule has 1 unspecified atom stereocenters. The van der Waals surface area contributed by atoms with Crippen molar-refractivity contribution >= 4 is 29.8 Å². The van der Waals surface area contributed by atoms with Gasteiger partial charge in [-0.1, -0.05) is 12.1 Å². The van der Waals surface area contributed by atoms with Gasteiger partial charge in [0.1, 0.15) is 0 Å². The van der Waals surface area contributed by atoms with Crippen LogP contribution in [0.2, 0.25) is 0 Å². The third-order valence-corrected chi connectivity index (χ3v) is 4.20. The average Bonchev–Trinajstić information content (AvgIpc) is 2.14. The van der Waals surface area contributed by atoms with Crippen LogP contribution in [0.1, 0.15) is 18.5 Å². The number of rotatable bonds is 4. The van der Waals surface area contributed by atoms with Gasteiger partial charge in [-0.2, -0.15) is 0 Å². The molecule has 17 heavy (non-hydrogen) atoms. The predicted octanol–water partition coefficient (Wildman–Crippen LogP) is 1.22. The van der Waals surface area contributed by atoms with Crippen LogP contribution in [0.5, 0.6) is 0 Å². The summed E-state index contributed by atoms with van der Waals surface area (Å²) in [7, 11) is -1.89. The van der Waals surface area contributed by atoms with Gasteiger partial charge < -0.3 is 0 Å². The van der Waals surface area contributed by atoms with Crippen molar-refractivity contribution in [2.24, 2.45) is 0 Å². The normalized spacial score (nSPS) is 14.5. The Morgan fingerprint density at radius 1 is 1.12 bits per heavy atom. The van der Waals surface area contributed by atoms with E-state index in [1.807, 2.05) is 0 Å². The van der Waals surface area contributed by atoms with E-state index in [1.165, 1.54) is 24.3 Å². The fourth-order valence-corrected chi connectivity index (χ4v) is 2.86. The first-order chi connectivity index (χ1) is 7.59. The van der Waals surface area contributed by atoms with Gasteiger partial charge in [-0.25, -0.2) is 21.6 Å². The van der Waals surface area contributed by atoms with Crippen LogP contribution in [-0.4, -0.2) is 23.1 Å². The van der Waals surface area contributed by atoms with Crippen molar-refractivity contribution in [3.63, 3.8) is 0 Å². The Labute approximate surface area is 105 Å². The minimum absolute atomic E-state index is 0.0190. The summed E-state index contributed by atoms with van der Waals surface area (Å²) < 4.78 is 46.4. The monoisotopic (exact) mass is 297 g/mol. The van der Waals surface area contributed by atoms with Crippen molar-refractivity contribution in [2.75, 3.05) is 6.26 Å². The highest BCUT2D eigenvalue weighted by Gasteiger charge is 2.13. The van der Waals surface area contributed by atoms with Crippen molar-refractivity contribution in [3.05, 3.63) is 29.8 Å². The van der Waals surface area contributed by atoms with Gasteiger partial charge >= 0.3 is 0 Å². The largest absolute Gasteiger partial charge is 0.261 e. The Balaban J connectivity index is 2.96. The van der Waals surface area contributed by atoms with E-state index in [0.29, 0.717) is 5.56 Å². The molecule has 5 nitrogen and oxygen atoms in total. The lowest BCUT2D eigenvalue weighted by atomic mass is 10.1. The number of benzene rings is 1. The van der Waals surface area contributed by atoms with Crippen molar-refractivity contribution in [3.8, 4) is 0 Å². The molecule has 0 saturated heterocycles. The Morgan fingerprint density at radius 2 is 1.59 bits per heavy atom. The van der Waals surface area contributed by atoms with Gasteiger partial charge in [0.05, 0.1) is 11.2 Å². The van der Waals surface area contributed by atoms with Crippen LogP contribution in [-0.2, 0) is 19.1 Å². The van der Waals surface area contributed by atoms with E-state index in [-0.39, 0.29) is 4.90 Å². The molecule has 1 aromatic carbocycles. The highest BCUT2D eigenvalue weighted by Crippen LogP contribution is 2.19. The number of hydrogen-bond acceptors (Lipinski definition) is 4. The Morgan fingerprint density at radius 3 is 1.94 bits per heavy atom. The van der Waals surface area contributed by atoms with Gasteiger partial charge in [-0.3, -0.25) is 0 Å². The summed E-state index contributed by atoms with van der Waals surface area (Å²) >= 11 is 0. The molecule has 1 aromatic rings. The molecule has 0 bridgehead atoms. The molecular weight excluding hydrogens is 286 g/mol. The molecule has 0 aliphatic heterocycles. The van der Waals surface area contributed by atoms with Gasteiger partial charge in [0, 0.05) is 16.7 Å². The lowest BCUT2D eigenvalue weighted by Crippen LogP contribution is -2.25. The maximum absolute atomic E-state index is 11.0. The summed E-state index contributed by atoms with van der Waals surface area (Å²) in [6, 6.07) is 5.25. The average molecular weight is 298 g/mol. The van der Waals surface area contributed by atoms with E-state index in [1.54, 1.807) is 6.92 Å². The van der Waals surface area contributed by atoms with E-state index in [9.17, 15) is 16.8 Å². The van der Waals surface area contributed by atoms with Crippen molar-refractivity contribution in [2.45, 2.75) is 17.9 Å². The molecule has 1 rings (SSSR count). The molecule has 0 fully saturated rings. The lowest BCUT2D eigenvalue weighted by Gasteiger charge is -2.12. The Bertz CT molecular complexity index is 592. The first-order valence-electron chi connectivity index (χ1n) is 4.61. The highest BCUT2D eigenvalue weighted by molar-refractivity contribution is 8.13. The number of sulfonamides is 1. The van der Waals surface area contributed by atoms with Crippen molar-refractivity contribution < 1.29 is 16.8 Å². The van der Waals surface area contributed by atoms with Crippen LogP contribution < -0.4 is 4.72 Å². The minimum Gasteiger partial charge on any atom is -0.213 e. The zero-order valence-electron chi connectivity index (χ0n) is 9.21. The maximum atomic E-state index is 11.0. The lowest BCUT2D eigenvalue weighted by molar-refractivity contribution is 0.573. The smallest absolute Gasteiger partial charge is 0.213 e. The standard InChI is InChI=1S/C9H12ClNO4S2/c1-7(11-16(2,12)13)8-3-5-9(6-4-8)17(10,14)15/h3-7,11H,1-2H3. The van der Waals surface area contributed by atoms with E-state index >= 15 is 0 Å². The zero-order chi connectivity index (χ0) is 13.3. The maximum Gasteiger partial charge on any atom is 0.261 e. The molecule has 0 radical (unpaired) electrons. The van der Waals surface area contributed by atoms with Crippen LogP contribution >= 0.6 is 10.7 Å². The molecule has 0 heterocycles. The van der Waals surface area contributed by atoms with Crippen LogP contribution in [0.3, 0.4) is 0 Å². The number of hydrogen-bond donors (Lipinski definition) is 1. The van der Waals surface area contributed by atoms with Gasteiger partial charge in [0.25, 0.3) is 9.05 Å². The van der Waals surface area contributed by atoms with E-state index < -0.39 is 25.1 Å². The molecule has 1 N–H and O–H groups in total. The molecule has 96 valence electrons. The first kappa shape index (κ1) is 14.4. The summed E-state index contributed by atoms with van der Waals surface area (Å²) in [4.78, 5) is -0.0190. The van der Waals surface area contributed by atoms with Crippen LogP contribution in [0, 0.1) is 0 Å². The second kappa shape index (κ2) is 4.93. The predicted molar refractivity (Wildman–Crippen MR) is 65.9 cm³/mol. The number of halogens is 1. The van der Waals surface area contributed by atoms with Crippen molar-refractivity contribution in [1.82, 2.24) is 4.72 Å². The molecule has 0 aliphatic carbocycles. The quantitative estimate of drug-likeness (QED) is 0.848.